The number of hydrogen-bond donors (Lipinski definition) is 2. The molecule has 7 heteroatoms. The summed E-state index contributed by atoms with van der Waals surface area (Å²) in [7, 11) is 0. The van der Waals surface area contributed by atoms with Crippen LogP contribution in [0.25, 0.3) is 22.5 Å². The third-order valence-corrected chi connectivity index (χ3v) is 5.03. The topological polar surface area (TPSA) is 118 Å². The molecule has 0 atom stereocenters. The molecule has 0 aliphatic carbocycles. The van der Waals surface area contributed by atoms with Gasteiger partial charge in [0.05, 0.1) is 29.6 Å². The summed E-state index contributed by atoms with van der Waals surface area (Å²) in [5, 5.41) is 18.9. The largest absolute Gasteiger partial charge is 0.508 e. The number of hydrogen-bond acceptors (Lipinski definition) is 6. The van der Waals surface area contributed by atoms with Gasteiger partial charge in [-0.2, -0.15) is 5.26 Å². The lowest BCUT2D eigenvalue weighted by atomic mass is 9.99. The zero-order chi connectivity index (χ0) is 22.0. The van der Waals surface area contributed by atoms with Crippen molar-refractivity contribution in [1.29, 1.82) is 5.26 Å². The standard InChI is InChI=1S/C24H19N5O2/c1-15-18(13-25)5-3-7-20(15)22-12-21(27-24(26)28-22)17-8-9-29(23(31)11-17)14-16-4-2-6-19(30)10-16/h2-12,30H,14H2,1H3,(H2,26,27,28). The van der Waals surface area contributed by atoms with E-state index in [1.807, 2.05) is 19.1 Å². The Hall–Kier alpha value is -4.44. The average molecular weight is 409 g/mol. The highest BCUT2D eigenvalue weighted by molar-refractivity contribution is 5.72. The molecule has 0 radical (unpaired) electrons. The Morgan fingerprint density at radius 2 is 1.84 bits per heavy atom. The van der Waals surface area contributed by atoms with E-state index in [-0.39, 0.29) is 17.3 Å². The predicted molar refractivity (Wildman–Crippen MR) is 118 cm³/mol. The van der Waals surface area contributed by atoms with Crippen molar-refractivity contribution in [2.24, 2.45) is 0 Å². The molecule has 31 heavy (non-hydrogen) atoms. The Kier molecular flexibility index (Phi) is 5.21. The molecule has 0 saturated heterocycles. The Morgan fingerprint density at radius 3 is 2.58 bits per heavy atom. The lowest BCUT2D eigenvalue weighted by Crippen LogP contribution is -2.19. The van der Waals surface area contributed by atoms with Gasteiger partial charge in [0.1, 0.15) is 5.75 Å². The van der Waals surface area contributed by atoms with E-state index in [9.17, 15) is 15.2 Å². The van der Waals surface area contributed by atoms with Crippen molar-refractivity contribution in [3.05, 3.63) is 93.9 Å². The lowest BCUT2D eigenvalue weighted by Gasteiger charge is -2.11. The number of aromatic hydroxyl groups is 1. The van der Waals surface area contributed by atoms with Crippen LogP contribution in [0.5, 0.6) is 5.75 Å². The minimum atomic E-state index is -0.206. The van der Waals surface area contributed by atoms with Crippen molar-refractivity contribution in [3.8, 4) is 34.3 Å². The fraction of sp³-hybridized carbons (Fsp3) is 0.0833. The van der Waals surface area contributed by atoms with Gasteiger partial charge in [0, 0.05) is 23.4 Å². The summed E-state index contributed by atoms with van der Waals surface area (Å²) in [5.74, 6) is 0.236. The van der Waals surface area contributed by atoms with E-state index in [1.54, 1.807) is 53.2 Å². The number of nitrogens with zero attached hydrogens (tertiary/aromatic N) is 4. The van der Waals surface area contributed by atoms with E-state index in [0.717, 1.165) is 16.7 Å². The van der Waals surface area contributed by atoms with Gasteiger partial charge in [0.2, 0.25) is 5.95 Å². The summed E-state index contributed by atoms with van der Waals surface area (Å²) in [6, 6.07) is 19.4. The van der Waals surface area contributed by atoms with Gasteiger partial charge >= 0.3 is 0 Å². The van der Waals surface area contributed by atoms with Crippen LogP contribution in [0.4, 0.5) is 5.95 Å². The van der Waals surface area contributed by atoms with E-state index in [2.05, 4.69) is 16.0 Å². The number of anilines is 1. The van der Waals surface area contributed by atoms with Crippen molar-refractivity contribution >= 4 is 5.95 Å². The van der Waals surface area contributed by atoms with Crippen molar-refractivity contribution in [3.63, 3.8) is 0 Å². The van der Waals surface area contributed by atoms with Crippen molar-refractivity contribution in [1.82, 2.24) is 14.5 Å². The monoisotopic (exact) mass is 409 g/mol. The second kappa shape index (κ2) is 8.13. The number of nitriles is 1. The molecule has 4 aromatic rings. The highest BCUT2D eigenvalue weighted by Gasteiger charge is 2.12. The fourth-order valence-corrected chi connectivity index (χ4v) is 3.44. The summed E-state index contributed by atoms with van der Waals surface area (Å²) >= 11 is 0. The minimum Gasteiger partial charge on any atom is -0.508 e. The van der Waals surface area contributed by atoms with Gasteiger partial charge in [-0.1, -0.05) is 24.3 Å². The van der Waals surface area contributed by atoms with E-state index in [1.165, 1.54) is 6.07 Å². The third-order valence-electron chi connectivity index (χ3n) is 5.03. The summed E-state index contributed by atoms with van der Waals surface area (Å²) in [5.41, 5.74) is 10.4. The smallest absolute Gasteiger partial charge is 0.251 e. The Labute approximate surface area is 178 Å². The molecule has 7 nitrogen and oxygen atoms in total. The van der Waals surface area contributed by atoms with Gasteiger partial charge in [0.15, 0.2) is 0 Å². The first-order chi connectivity index (χ1) is 14.9. The number of phenolic OH excluding ortho intramolecular Hbond substituents is 1. The van der Waals surface area contributed by atoms with E-state index < -0.39 is 0 Å². The molecule has 152 valence electrons. The first-order valence-corrected chi connectivity index (χ1v) is 9.58. The Morgan fingerprint density at radius 1 is 1.06 bits per heavy atom. The highest BCUT2D eigenvalue weighted by Crippen LogP contribution is 2.27. The molecule has 0 unspecified atom stereocenters. The zero-order valence-electron chi connectivity index (χ0n) is 16.8. The molecule has 0 saturated carbocycles. The SMILES string of the molecule is Cc1c(C#N)cccc1-c1cc(-c2ccn(Cc3cccc(O)c3)c(=O)c2)nc(N)n1. The maximum Gasteiger partial charge on any atom is 0.251 e. The molecular formula is C24H19N5O2. The van der Waals surface area contributed by atoms with E-state index >= 15 is 0 Å². The Bertz CT molecular complexity index is 1390. The summed E-state index contributed by atoms with van der Waals surface area (Å²) in [4.78, 5) is 21.3. The quantitative estimate of drug-likeness (QED) is 0.533. The van der Waals surface area contributed by atoms with Gasteiger partial charge in [-0.3, -0.25) is 4.79 Å². The van der Waals surface area contributed by atoms with Crippen LogP contribution in [0.15, 0.2) is 71.7 Å². The highest BCUT2D eigenvalue weighted by atomic mass is 16.3. The minimum absolute atomic E-state index is 0.0817. The van der Waals surface area contributed by atoms with Crippen LogP contribution >= 0.6 is 0 Å². The maximum absolute atomic E-state index is 12.7. The first kappa shape index (κ1) is 19.9. The lowest BCUT2D eigenvalue weighted by molar-refractivity contribution is 0.474. The number of phenols is 1. The van der Waals surface area contributed by atoms with Crippen molar-refractivity contribution < 1.29 is 5.11 Å². The van der Waals surface area contributed by atoms with Crippen LogP contribution in [0.3, 0.4) is 0 Å². The van der Waals surface area contributed by atoms with Crippen molar-refractivity contribution in [2.45, 2.75) is 13.5 Å². The summed E-state index contributed by atoms with van der Waals surface area (Å²) in [6.07, 6.45) is 1.68. The molecular weight excluding hydrogens is 390 g/mol. The Balaban J connectivity index is 1.72. The van der Waals surface area contributed by atoms with Gasteiger partial charge < -0.3 is 15.4 Å². The second-order valence-corrected chi connectivity index (χ2v) is 7.14. The number of nitrogens with two attached hydrogens (primary N) is 1. The molecule has 0 bridgehead atoms. The molecule has 0 fully saturated rings. The normalized spacial score (nSPS) is 10.6. The molecule has 4 rings (SSSR count). The second-order valence-electron chi connectivity index (χ2n) is 7.14. The fourth-order valence-electron chi connectivity index (χ4n) is 3.44. The molecule has 3 N–H and O–H groups in total. The number of benzene rings is 2. The summed E-state index contributed by atoms with van der Waals surface area (Å²) in [6.45, 7) is 2.19. The molecule has 0 aliphatic heterocycles. The molecule has 0 amide bonds. The van der Waals surface area contributed by atoms with Crippen LogP contribution in [0.2, 0.25) is 0 Å². The van der Waals surface area contributed by atoms with Gasteiger partial charge in [-0.15, -0.1) is 0 Å². The number of rotatable bonds is 4. The zero-order valence-corrected chi connectivity index (χ0v) is 16.8. The molecule has 0 spiro atoms. The number of aromatic nitrogens is 3. The molecule has 2 heterocycles. The third kappa shape index (κ3) is 4.14. The van der Waals surface area contributed by atoms with Crippen LogP contribution in [-0.4, -0.2) is 19.6 Å². The number of nitrogen functional groups attached to an aromatic ring is 1. The molecule has 0 aliphatic rings. The van der Waals surface area contributed by atoms with Crippen LogP contribution in [0, 0.1) is 18.3 Å². The van der Waals surface area contributed by atoms with Gasteiger partial charge in [-0.25, -0.2) is 9.97 Å². The van der Waals surface area contributed by atoms with Gasteiger partial charge in [-0.05, 0) is 48.4 Å². The van der Waals surface area contributed by atoms with Gasteiger partial charge in [0.25, 0.3) is 5.56 Å². The number of pyridine rings is 1. The molecule has 2 aromatic heterocycles. The molecule has 2 aromatic carbocycles. The predicted octanol–water partition coefficient (Wildman–Crippen LogP) is 3.49. The van der Waals surface area contributed by atoms with Crippen LogP contribution in [0.1, 0.15) is 16.7 Å². The maximum atomic E-state index is 12.7. The first-order valence-electron chi connectivity index (χ1n) is 9.58. The van der Waals surface area contributed by atoms with Crippen LogP contribution < -0.4 is 11.3 Å². The van der Waals surface area contributed by atoms with E-state index in [4.69, 9.17) is 5.73 Å². The average Bonchev–Trinajstić information content (AvgIpc) is 2.75. The summed E-state index contributed by atoms with van der Waals surface area (Å²) < 4.78 is 1.55. The van der Waals surface area contributed by atoms with Crippen LogP contribution in [-0.2, 0) is 6.54 Å². The van der Waals surface area contributed by atoms with E-state index in [0.29, 0.717) is 29.1 Å². The van der Waals surface area contributed by atoms with Crippen molar-refractivity contribution in [2.75, 3.05) is 5.73 Å².